The minimum atomic E-state index is 0.173. The maximum atomic E-state index is 12.2. The van der Waals surface area contributed by atoms with Gasteiger partial charge in [0.2, 0.25) is 5.91 Å². The fourth-order valence-electron chi connectivity index (χ4n) is 2.90. The summed E-state index contributed by atoms with van der Waals surface area (Å²) in [6.45, 7) is 0. The molecule has 3 heteroatoms. The summed E-state index contributed by atoms with van der Waals surface area (Å²) in [5.74, 6) is 0.366. The summed E-state index contributed by atoms with van der Waals surface area (Å²) in [4.78, 5) is 16.2. The minimum absolute atomic E-state index is 0.173. The van der Waals surface area contributed by atoms with Crippen LogP contribution in [0.3, 0.4) is 0 Å². The molecular formula is C18H20N2O. The monoisotopic (exact) mass is 280 g/mol. The lowest BCUT2D eigenvalue weighted by Crippen LogP contribution is -2.24. The van der Waals surface area contributed by atoms with Crippen LogP contribution in [0, 0.1) is 5.92 Å². The Morgan fingerprint density at radius 1 is 0.905 bits per heavy atom. The zero-order valence-corrected chi connectivity index (χ0v) is 12.1. The van der Waals surface area contributed by atoms with Gasteiger partial charge in [-0.15, -0.1) is 0 Å². The summed E-state index contributed by atoms with van der Waals surface area (Å²) in [7, 11) is 0. The third-order valence-corrected chi connectivity index (χ3v) is 4.14. The number of anilines is 1. The smallest absolute Gasteiger partial charge is 0.227 e. The maximum absolute atomic E-state index is 12.2. The van der Waals surface area contributed by atoms with Crippen molar-refractivity contribution in [2.75, 3.05) is 5.32 Å². The molecule has 0 radical (unpaired) electrons. The van der Waals surface area contributed by atoms with Crippen LogP contribution in [0.15, 0.2) is 48.8 Å². The second-order valence-corrected chi connectivity index (χ2v) is 5.64. The lowest BCUT2D eigenvalue weighted by atomic mass is 9.88. The normalized spacial score (nSPS) is 15.6. The third kappa shape index (κ3) is 3.48. The van der Waals surface area contributed by atoms with E-state index in [1.165, 1.54) is 19.3 Å². The summed E-state index contributed by atoms with van der Waals surface area (Å²) in [6, 6.07) is 12.0. The van der Waals surface area contributed by atoms with E-state index in [2.05, 4.69) is 10.3 Å². The first-order valence-electron chi connectivity index (χ1n) is 7.64. The molecule has 0 aliphatic heterocycles. The Kier molecular flexibility index (Phi) is 4.29. The molecule has 3 rings (SSSR count). The van der Waals surface area contributed by atoms with Gasteiger partial charge in [0.1, 0.15) is 0 Å². The molecule has 21 heavy (non-hydrogen) atoms. The Bertz CT molecular complexity index is 586. The molecule has 1 saturated carbocycles. The van der Waals surface area contributed by atoms with Gasteiger partial charge in [-0.25, -0.2) is 0 Å². The Morgan fingerprint density at radius 2 is 1.52 bits per heavy atom. The zero-order valence-electron chi connectivity index (χ0n) is 12.1. The second-order valence-electron chi connectivity index (χ2n) is 5.64. The van der Waals surface area contributed by atoms with Gasteiger partial charge < -0.3 is 5.32 Å². The molecule has 108 valence electrons. The molecule has 1 aliphatic carbocycles. The van der Waals surface area contributed by atoms with Crippen LogP contribution >= 0.6 is 0 Å². The van der Waals surface area contributed by atoms with Crippen molar-refractivity contribution >= 4 is 11.6 Å². The van der Waals surface area contributed by atoms with E-state index in [1.807, 2.05) is 36.4 Å². The van der Waals surface area contributed by atoms with E-state index in [0.29, 0.717) is 0 Å². The first kappa shape index (κ1) is 13.8. The van der Waals surface area contributed by atoms with Gasteiger partial charge in [0.25, 0.3) is 0 Å². The van der Waals surface area contributed by atoms with Gasteiger partial charge in [0.15, 0.2) is 0 Å². The standard InChI is InChI=1S/C18H20N2O/c21-18(16-4-2-1-3-5-16)20-17-8-6-14(7-9-17)15-10-12-19-13-11-15/h6-13,16H,1-5H2,(H,20,21). The number of carbonyl (C=O) groups excluding carboxylic acids is 1. The highest BCUT2D eigenvalue weighted by molar-refractivity contribution is 5.92. The number of hydrogen-bond acceptors (Lipinski definition) is 2. The summed E-state index contributed by atoms with van der Waals surface area (Å²) < 4.78 is 0. The Morgan fingerprint density at radius 3 is 2.19 bits per heavy atom. The molecule has 0 spiro atoms. The van der Waals surface area contributed by atoms with E-state index in [-0.39, 0.29) is 11.8 Å². The topological polar surface area (TPSA) is 42.0 Å². The number of nitrogens with zero attached hydrogens (tertiary/aromatic N) is 1. The van der Waals surface area contributed by atoms with Crippen molar-refractivity contribution in [3.05, 3.63) is 48.8 Å². The largest absolute Gasteiger partial charge is 0.326 e. The van der Waals surface area contributed by atoms with E-state index >= 15 is 0 Å². The van der Waals surface area contributed by atoms with Gasteiger partial charge in [-0.1, -0.05) is 31.4 Å². The summed E-state index contributed by atoms with van der Waals surface area (Å²) >= 11 is 0. The van der Waals surface area contributed by atoms with Crippen molar-refractivity contribution in [2.24, 2.45) is 5.92 Å². The van der Waals surface area contributed by atoms with E-state index in [9.17, 15) is 4.79 Å². The van der Waals surface area contributed by atoms with Crippen molar-refractivity contribution in [2.45, 2.75) is 32.1 Å². The van der Waals surface area contributed by atoms with Crippen molar-refractivity contribution in [3.8, 4) is 11.1 Å². The Balaban J connectivity index is 1.65. The summed E-state index contributed by atoms with van der Waals surface area (Å²) in [6.07, 6.45) is 9.26. The summed E-state index contributed by atoms with van der Waals surface area (Å²) in [5.41, 5.74) is 3.15. The van der Waals surface area contributed by atoms with Gasteiger partial charge in [-0.05, 0) is 48.2 Å². The molecule has 0 atom stereocenters. The van der Waals surface area contributed by atoms with Gasteiger partial charge in [0, 0.05) is 24.0 Å². The van der Waals surface area contributed by atoms with Crippen molar-refractivity contribution < 1.29 is 4.79 Å². The Hall–Kier alpha value is -2.16. The van der Waals surface area contributed by atoms with Crippen LogP contribution in [0.1, 0.15) is 32.1 Å². The molecule has 0 saturated heterocycles. The molecular weight excluding hydrogens is 260 g/mol. The minimum Gasteiger partial charge on any atom is -0.326 e. The van der Waals surface area contributed by atoms with Crippen LogP contribution in [-0.4, -0.2) is 10.9 Å². The van der Waals surface area contributed by atoms with Crippen LogP contribution < -0.4 is 5.32 Å². The molecule has 0 bridgehead atoms. The maximum Gasteiger partial charge on any atom is 0.227 e. The Labute approximate surface area is 125 Å². The molecule has 0 unspecified atom stereocenters. The average Bonchev–Trinajstić information content (AvgIpc) is 2.57. The third-order valence-electron chi connectivity index (χ3n) is 4.14. The van der Waals surface area contributed by atoms with Crippen molar-refractivity contribution in [1.82, 2.24) is 4.98 Å². The molecule has 1 aromatic carbocycles. The predicted molar refractivity (Wildman–Crippen MR) is 84.9 cm³/mol. The fraction of sp³-hybridized carbons (Fsp3) is 0.333. The lowest BCUT2D eigenvalue weighted by molar-refractivity contribution is -0.120. The lowest BCUT2D eigenvalue weighted by Gasteiger charge is -2.20. The first-order valence-corrected chi connectivity index (χ1v) is 7.64. The first-order chi connectivity index (χ1) is 10.3. The van der Waals surface area contributed by atoms with E-state index < -0.39 is 0 Å². The number of benzene rings is 1. The zero-order chi connectivity index (χ0) is 14.5. The van der Waals surface area contributed by atoms with Crippen LogP contribution in [0.2, 0.25) is 0 Å². The van der Waals surface area contributed by atoms with Crippen molar-refractivity contribution in [1.29, 1.82) is 0 Å². The highest BCUT2D eigenvalue weighted by atomic mass is 16.1. The average molecular weight is 280 g/mol. The van der Waals surface area contributed by atoms with Crippen LogP contribution in [0.5, 0.6) is 0 Å². The number of pyridine rings is 1. The number of hydrogen-bond donors (Lipinski definition) is 1. The quantitative estimate of drug-likeness (QED) is 0.912. The molecule has 2 aromatic rings. The molecule has 3 nitrogen and oxygen atoms in total. The van der Waals surface area contributed by atoms with E-state index in [4.69, 9.17) is 0 Å². The highest BCUT2D eigenvalue weighted by Gasteiger charge is 2.20. The molecule has 1 amide bonds. The SMILES string of the molecule is O=C(Nc1ccc(-c2ccncc2)cc1)C1CCCCC1. The fourth-order valence-corrected chi connectivity index (χ4v) is 2.90. The predicted octanol–water partition coefficient (Wildman–Crippen LogP) is 4.27. The van der Waals surface area contributed by atoms with Gasteiger partial charge in [0.05, 0.1) is 0 Å². The highest BCUT2D eigenvalue weighted by Crippen LogP contribution is 2.26. The molecule has 1 heterocycles. The number of rotatable bonds is 3. The van der Waals surface area contributed by atoms with Crippen LogP contribution in [0.25, 0.3) is 11.1 Å². The van der Waals surface area contributed by atoms with Gasteiger partial charge in [-0.2, -0.15) is 0 Å². The summed E-state index contributed by atoms with van der Waals surface area (Å²) in [5, 5.41) is 3.04. The molecule has 1 N–H and O–H groups in total. The number of nitrogens with one attached hydrogen (secondary N) is 1. The number of amides is 1. The van der Waals surface area contributed by atoms with Gasteiger partial charge in [-0.3, -0.25) is 9.78 Å². The van der Waals surface area contributed by atoms with E-state index in [1.54, 1.807) is 12.4 Å². The van der Waals surface area contributed by atoms with Crippen LogP contribution in [0.4, 0.5) is 5.69 Å². The molecule has 1 aliphatic rings. The second kappa shape index (κ2) is 6.53. The van der Waals surface area contributed by atoms with Gasteiger partial charge >= 0.3 is 0 Å². The number of carbonyl (C=O) groups is 1. The number of aromatic nitrogens is 1. The van der Waals surface area contributed by atoms with Crippen molar-refractivity contribution in [3.63, 3.8) is 0 Å². The molecule has 1 fully saturated rings. The molecule has 1 aromatic heterocycles. The van der Waals surface area contributed by atoms with E-state index in [0.717, 1.165) is 29.7 Å². The van der Waals surface area contributed by atoms with Crippen LogP contribution in [-0.2, 0) is 4.79 Å².